The molecule has 0 unspecified atom stereocenters. The summed E-state index contributed by atoms with van der Waals surface area (Å²) >= 11 is 0. The van der Waals surface area contributed by atoms with Gasteiger partial charge in [-0.15, -0.1) is 0 Å². The van der Waals surface area contributed by atoms with E-state index >= 15 is 0 Å². The number of anilines is 1. The monoisotopic (exact) mass is 257 g/mol. The lowest BCUT2D eigenvalue weighted by Gasteiger charge is -2.10. The predicted molar refractivity (Wildman–Crippen MR) is 73.5 cm³/mol. The lowest BCUT2D eigenvalue weighted by molar-refractivity contribution is -0.688. The molecule has 0 spiro atoms. The van der Waals surface area contributed by atoms with Crippen molar-refractivity contribution >= 4 is 11.7 Å². The number of rotatable bonds is 4. The summed E-state index contributed by atoms with van der Waals surface area (Å²) in [6.07, 6.45) is 4.03. The molecule has 0 fully saturated rings. The molecule has 98 valence electrons. The molecular formula is C15H17N2O2+. The highest BCUT2D eigenvalue weighted by molar-refractivity contribution is 5.87. The Balaban J connectivity index is 2.10. The molecule has 1 aromatic heterocycles. The number of carboxylic acids is 1. The third kappa shape index (κ3) is 3.31. The molecular weight excluding hydrogens is 240 g/mol. The van der Waals surface area contributed by atoms with Gasteiger partial charge in [0.1, 0.15) is 0 Å². The molecule has 4 nitrogen and oxygen atoms in total. The van der Waals surface area contributed by atoms with E-state index in [1.54, 1.807) is 12.1 Å². The van der Waals surface area contributed by atoms with E-state index in [1.807, 2.05) is 55.7 Å². The average molecular weight is 257 g/mol. The van der Waals surface area contributed by atoms with Crippen LogP contribution in [0.3, 0.4) is 0 Å². The number of nitrogens with zero attached hydrogens (tertiary/aromatic N) is 2. The quantitative estimate of drug-likeness (QED) is 0.849. The van der Waals surface area contributed by atoms with Crippen LogP contribution in [0.15, 0.2) is 48.8 Å². The Hall–Kier alpha value is -2.36. The Kier molecular flexibility index (Phi) is 3.80. The van der Waals surface area contributed by atoms with Crippen LogP contribution in [-0.4, -0.2) is 25.2 Å². The molecule has 2 aromatic rings. The van der Waals surface area contributed by atoms with E-state index in [2.05, 4.69) is 4.57 Å². The zero-order valence-electron chi connectivity index (χ0n) is 11.1. The maximum atomic E-state index is 10.8. The van der Waals surface area contributed by atoms with Crippen LogP contribution in [0.2, 0.25) is 0 Å². The van der Waals surface area contributed by atoms with Crippen LogP contribution in [0.25, 0.3) is 0 Å². The van der Waals surface area contributed by atoms with Crippen molar-refractivity contribution in [1.29, 1.82) is 0 Å². The van der Waals surface area contributed by atoms with Gasteiger partial charge in [0.05, 0.1) is 5.56 Å². The van der Waals surface area contributed by atoms with Crippen LogP contribution in [0.4, 0.5) is 5.69 Å². The van der Waals surface area contributed by atoms with Crippen LogP contribution < -0.4 is 9.47 Å². The van der Waals surface area contributed by atoms with E-state index in [0.29, 0.717) is 5.56 Å². The van der Waals surface area contributed by atoms with Crippen molar-refractivity contribution in [3.05, 3.63) is 59.9 Å². The third-order valence-electron chi connectivity index (χ3n) is 2.96. The Morgan fingerprint density at radius 2 is 1.68 bits per heavy atom. The fourth-order valence-electron chi connectivity index (χ4n) is 1.82. The Labute approximate surface area is 112 Å². The fraction of sp³-hybridized carbons (Fsp3) is 0.200. The summed E-state index contributed by atoms with van der Waals surface area (Å²) in [6.45, 7) is 0.730. The number of aromatic nitrogens is 1. The summed E-state index contributed by atoms with van der Waals surface area (Å²) in [5, 5.41) is 8.84. The highest BCUT2D eigenvalue weighted by Crippen LogP contribution is 2.07. The maximum absolute atomic E-state index is 10.8. The van der Waals surface area contributed by atoms with Gasteiger partial charge in [-0.3, -0.25) is 0 Å². The van der Waals surface area contributed by atoms with Gasteiger partial charge in [0, 0.05) is 37.5 Å². The van der Waals surface area contributed by atoms with Gasteiger partial charge in [-0.2, -0.15) is 0 Å². The van der Waals surface area contributed by atoms with Crippen molar-refractivity contribution in [2.45, 2.75) is 6.54 Å². The first kappa shape index (κ1) is 13.1. The molecule has 1 heterocycles. The number of hydrogen-bond donors (Lipinski definition) is 1. The minimum absolute atomic E-state index is 0.316. The van der Waals surface area contributed by atoms with Crippen molar-refractivity contribution in [3.8, 4) is 0 Å². The second kappa shape index (κ2) is 5.52. The Bertz CT molecular complexity index is 560. The Morgan fingerprint density at radius 1 is 1.11 bits per heavy atom. The lowest BCUT2D eigenvalue weighted by atomic mass is 10.1. The smallest absolute Gasteiger partial charge is 0.335 e. The molecule has 1 N–H and O–H groups in total. The Morgan fingerprint density at radius 3 is 2.16 bits per heavy atom. The summed E-state index contributed by atoms with van der Waals surface area (Å²) in [4.78, 5) is 12.8. The first-order valence-corrected chi connectivity index (χ1v) is 6.05. The van der Waals surface area contributed by atoms with E-state index in [1.165, 1.54) is 0 Å². The topological polar surface area (TPSA) is 44.4 Å². The van der Waals surface area contributed by atoms with Crippen molar-refractivity contribution in [2.24, 2.45) is 0 Å². The zero-order chi connectivity index (χ0) is 13.8. The standard InChI is InChI=1S/C15H16N2O2/c1-16(2)14-7-9-17(10-8-14)11-12-3-5-13(6-4-12)15(18)19/h3-10H,11H2,1-2H3/p+1. The van der Waals surface area contributed by atoms with E-state index < -0.39 is 5.97 Å². The average Bonchev–Trinajstić information content (AvgIpc) is 2.40. The second-order valence-electron chi connectivity index (χ2n) is 4.63. The SMILES string of the molecule is CN(C)c1cc[n+](Cc2ccc(C(=O)O)cc2)cc1. The van der Waals surface area contributed by atoms with E-state index in [-0.39, 0.29) is 0 Å². The van der Waals surface area contributed by atoms with Gasteiger partial charge < -0.3 is 10.0 Å². The molecule has 0 aliphatic rings. The molecule has 0 aliphatic heterocycles. The number of carboxylic acid groups (broad SMARTS) is 1. The number of pyridine rings is 1. The van der Waals surface area contributed by atoms with Crippen molar-refractivity contribution < 1.29 is 14.5 Å². The number of carbonyl (C=O) groups is 1. The molecule has 0 atom stereocenters. The van der Waals surface area contributed by atoms with Gasteiger partial charge in [-0.1, -0.05) is 12.1 Å². The second-order valence-corrected chi connectivity index (χ2v) is 4.63. The van der Waals surface area contributed by atoms with Gasteiger partial charge in [-0.05, 0) is 12.1 Å². The van der Waals surface area contributed by atoms with Crippen LogP contribution >= 0.6 is 0 Å². The third-order valence-corrected chi connectivity index (χ3v) is 2.96. The van der Waals surface area contributed by atoms with Crippen LogP contribution in [-0.2, 0) is 6.54 Å². The highest BCUT2D eigenvalue weighted by atomic mass is 16.4. The summed E-state index contributed by atoms with van der Waals surface area (Å²) in [5.74, 6) is -0.894. The van der Waals surface area contributed by atoms with E-state index in [9.17, 15) is 4.79 Å². The van der Waals surface area contributed by atoms with Crippen molar-refractivity contribution in [1.82, 2.24) is 0 Å². The molecule has 19 heavy (non-hydrogen) atoms. The maximum Gasteiger partial charge on any atom is 0.335 e. The van der Waals surface area contributed by atoms with Crippen LogP contribution in [0.1, 0.15) is 15.9 Å². The van der Waals surface area contributed by atoms with Gasteiger partial charge in [0.25, 0.3) is 0 Å². The predicted octanol–water partition coefficient (Wildman–Crippen LogP) is 1.79. The minimum Gasteiger partial charge on any atom is -0.478 e. The van der Waals surface area contributed by atoms with Crippen LogP contribution in [0.5, 0.6) is 0 Å². The normalized spacial score (nSPS) is 10.2. The molecule has 0 radical (unpaired) electrons. The largest absolute Gasteiger partial charge is 0.478 e. The molecule has 1 aromatic carbocycles. The van der Waals surface area contributed by atoms with E-state index in [4.69, 9.17) is 5.11 Å². The molecule has 0 amide bonds. The molecule has 2 rings (SSSR count). The zero-order valence-corrected chi connectivity index (χ0v) is 11.1. The molecule has 0 aliphatic carbocycles. The van der Waals surface area contributed by atoms with Crippen molar-refractivity contribution in [2.75, 3.05) is 19.0 Å². The van der Waals surface area contributed by atoms with E-state index in [0.717, 1.165) is 17.8 Å². The summed E-state index contributed by atoms with van der Waals surface area (Å²) in [7, 11) is 4.01. The number of aromatic carboxylic acids is 1. The first-order chi connectivity index (χ1) is 9.06. The highest BCUT2D eigenvalue weighted by Gasteiger charge is 2.06. The number of hydrogen-bond acceptors (Lipinski definition) is 2. The molecule has 4 heteroatoms. The van der Waals surface area contributed by atoms with Gasteiger partial charge in [-0.25, -0.2) is 9.36 Å². The van der Waals surface area contributed by atoms with Crippen molar-refractivity contribution in [3.63, 3.8) is 0 Å². The molecule has 0 saturated carbocycles. The van der Waals surface area contributed by atoms with Gasteiger partial charge in [0.2, 0.25) is 0 Å². The van der Waals surface area contributed by atoms with Gasteiger partial charge >= 0.3 is 5.97 Å². The minimum atomic E-state index is -0.894. The molecule has 0 bridgehead atoms. The fourth-order valence-corrected chi connectivity index (χ4v) is 1.82. The summed E-state index contributed by atoms with van der Waals surface area (Å²) in [6, 6.07) is 11.0. The molecule has 0 saturated heterocycles. The lowest BCUT2D eigenvalue weighted by Crippen LogP contribution is -2.33. The first-order valence-electron chi connectivity index (χ1n) is 6.05. The van der Waals surface area contributed by atoms with Gasteiger partial charge in [0.15, 0.2) is 18.9 Å². The summed E-state index contributed by atoms with van der Waals surface area (Å²) < 4.78 is 2.06. The summed E-state index contributed by atoms with van der Waals surface area (Å²) in [5.41, 5.74) is 2.54. The number of benzene rings is 1. The van der Waals surface area contributed by atoms with Crippen LogP contribution in [0, 0.1) is 0 Å².